The number of halogens is 1. The molecule has 5 rings (SSSR count). The summed E-state index contributed by atoms with van der Waals surface area (Å²) < 4.78 is 1.99. The molecular formula is C31H42ClN5O3. The molecule has 2 saturated heterocycles. The van der Waals surface area contributed by atoms with Crippen LogP contribution < -0.4 is 5.32 Å². The minimum absolute atomic E-state index is 0. The van der Waals surface area contributed by atoms with Crippen LogP contribution in [-0.4, -0.2) is 73.8 Å². The maximum Gasteiger partial charge on any atom is 0.249 e. The lowest BCUT2D eigenvalue weighted by Gasteiger charge is -2.52. The second-order valence-corrected chi connectivity index (χ2v) is 11.4. The Balaban J connectivity index is 0.00000370. The molecular weight excluding hydrogens is 526 g/mol. The van der Waals surface area contributed by atoms with Gasteiger partial charge in [0.05, 0.1) is 24.0 Å². The number of rotatable bonds is 6. The standard InChI is InChI=1S/C31H41N5O3.ClH/c1-4-5-18-35-29(38)27(28(37)24-12-8-6-9-13-24)32-30(39)31(35)16-19-34(20-17-31)21-26-22(2)33-36(23(26)3)25-14-10-7-11-15-25;/h7,10-11,14-15,24,27-28,37H,6,8-9,12-13,16-21H2,1-3H3,(H,32,39);1H/t27-,28-;/m0./s1. The zero-order valence-corrected chi connectivity index (χ0v) is 24.7. The van der Waals surface area contributed by atoms with Crippen LogP contribution in [0.5, 0.6) is 0 Å². The van der Waals surface area contributed by atoms with E-state index in [1.54, 1.807) is 11.8 Å². The third-order valence-electron chi connectivity index (χ3n) is 9.15. The Kier molecular flexibility index (Phi) is 9.60. The van der Waals surface area contributed by atoms with Gasteiger partial charge < -0.3 is 15.3 Å². The summed E-state index contributed by atoms with van der Waals surface area (Å²) in [6.45, 7) is 8.21. The Bertz CT molecular complexity index is 1250. The Morgan fingerprint density at radius 1 is 1.10 bits per heavy atom. The van der Waals surface area contributed by atoms with Crippen LogP contribution in [0.25, 0.3) is 5.69 Å². The van der Waals surface area contributed by atoms with Crippen LogP contribution in [0.3, 0.4) is 0 Å². The van der Waals surface area contributed by atoms with Crippen molar-refractivity contribution in [2.24, 2.45) is 5.92 Å². The molecule has 2 atom stereocenters. The number of aryl methyl sites for hydroxylation is 1. The number of aliphatic hydroxyl groups is 1. The van der Waals surface area contributed by atoms with Crippen LogP contribution in [0.2, 0.25) is 0 Å². The number of carbonyl (C=O) groups excluding carboxylic acids is 2. The third kappa shape index (κ3) is 5.65. The second-order valence-electron chi connectivity index (χ2n) is 11.4. The van der Waals surface area contributed by atoms with Gasteiger partial charge in [0.25, 0.3) is 0 Å². The van der Waals surface area contributed by atoms with Crippen molar-refractivity contribution in [2.75, 3.05) is 19.6 Å². The van der Waals surface area contributed by atoms with Crippen molar-refractivity contribution in [1.29, 1.82) is 0 Å². The number of amides is 2. The number of para-hydroxylation sites is 1. The monoisotopic (exact) mass is 567 g/mol. The molecule has 2 aromatic rings. The summed E-state index contributed by atoms with van der Waals surface area (Å²) in [4.78, 5) is 31.5. The molecule has 2 amide bonds. The topological polar surface area (TPSA) is 90.7 Å². The van der Waals surface area contributed by atoms with Gasteiger partial charge in [-0.3, -0.25) is 14.5 Å². The van der Waals surface area contributed by atoms with Crippen molar-refractivity contribution >= 4 is 24.2 Å². The molecule has 2 N–H and O–H groups in total. The number of benzene rings is 1. The number of hydrogen-bond acceptors (Lipinski definition) is 5. The summed E-state index contributed by atoms with van der Waals surface area (Å²) >= 11 is 0. The molecule has 1 spiro atoms. The third-order valence-corrected chi connectivity index (χ3v) is 9.15. The van der Waals surface area contributed by atoms with Gasteiger partial charge in [-0.2, -0.15) is 5.10 Å². The predicted octanol–water partition coefficient (Wildman–Crippen LogP) is 3.54. The van der Waals surface area contributed by atoms with Crippen molar-refractivity contribution in [3.8, 4) is 17.5 Å². The van der Waals surface area contributed by atoms with Crippen molar-refractivity contribution in [3.63, 3.8) is 0 Å². The van der Waals surface area contributed by atoms with Crippen LogP contribution in [0, 0.1) is 31.6 Å². The number of nitrogens with zero attached hydrogens (tertiary/aromatic N) is 4. The molecule has 1 saturated carbocycles. The fraction of sp³-hybridized carbons (Fsp3) is 0.581. The minimum Gasteiger partial charge on any atom is -0.390 e. The highest BCUT2D eigenvalue weighted by Gasteiger charge is 2.55. The molecule has 216 valence electrons. The quantitative estimate of drug-likeness (QED) is 0.521. The second kappa shape index (κ2) is 12.8. The van der Waals surface area contributed by atoms with Gasteiger partial charge in [0.15, 0.2) is 0 Å². The van der Waals surface area contributed by atoms with Crippen LogP contribution >= 0.6 is 12.4 Å². The Morgan fingerprint density at radius 3 is 2.42 bits per heavy atom. The van der Waals surface area contributed by atoms with Gasteiger partial charge in [-0.05, 0) is 64.5 Å². The highest BCUT2D eigenvalue weighted by atomic mass is 35.5. The van der Waals surface area contributed by atoms with Crippen LogP contribution in [0.1, 0.15) is 68.8 Å². The fourth-order valence-electron chi connectivity index (χ4n) is 6.73. The van der Waals surface area contributed by atoms with Crippen molar-refractivity contribution < 1.29 is 14.7 Å². The first kappa shape index (κ1) is 30.1. The maximum absolute atomic E-state index is 13.8. The molecule has 1 aliphatic carbocycles. The van der Waals surface area contributed by atoms with E-state index in [1.165, 1.54) is 5.56 Å². The lowest BCUT2D eigenvalue weighted by molar-refractivity contribution is -0.164. The molecule has 3 fully saturated rings. The van der Waals surface area contributed by atoms with E-state index in [0.29, 0.717) is 25.9 Å². The molecule has 3 aliphatic rings. The lowest BCUT2D eigenvalue weighted by Crippen LogP contribution is -2.75. The molecule has 0 radical (unpaired) electrons. The highest BCUT2D eigenvalue weighted by molar-refractivity contribution is 6.00. The van der Waals surface area contributed by atoms with Crippen LogP contribution in [0.4, 0.5) is 0 Å². The fourth-order valence-corrected chi connectivity index (χ4v) is 6.73. The van der Waals surface area contributed by atoms with E-state index < -0.39 is 17.7 Å². The minimum atomic E-state index is -0.932. The van der Waals surface area contributed by atoms with Gasteiger partial charge in [-0.15, -0.1) is 18.3 Å². The lowest BCUT2D eigenvalue weighted by atomic mass is 9.78. The van der Waals surface area contributed by atoms with E-state index in [-0.39, 0.29) is 36.7 Å². The number of likely N-dealkylation sites (tertiary alicyclic amines) is 1. The summed E-state index contributed by atoms with van der Waals surface area (Å²) in [5.74, 6) is 5.63. The average Bonchev–Trinajstić information content (AvgIpc) is 3.25. The molecule has 2 aliphatic heterocycles. The molecule has 8 nitrogen and oxygen atoms in total. The van der Waals surface area contributed by atoms with Gasteiger partial charge in [-0.1, -0.05) is 43.4 Å². The van der Waals surface area contributed by atoms with Crippen molar-refractivity contribution in [3.05, 3.63) is 47.3 Å². The summed E-state index contributed by atoms with van der Waals surface area (Å²) in [5.41, 5.74) is 3.42. The molecule has 1 aromatic heterocycles. The number of aromatic nitrogens is 2. The molecule has 1 aromatic carbocycles. The smallest absolute Gasteiger partial charge is 0.249 e. The largest absolute Gasteiger partial charge is 0.390 e. The van der Waals surface area contributed by atoms with E-state index in [2.05, 4.69) is 41.1 Å². The van der Waals surface area contributed by atoms with Crippen molar-refractivity contribution in [2.45, 2.75) is 89.9 Å². The maximum atomic E-state index is 13.8. The van der Waals surface area contributed by atoms with Gasteiger partial charge in [0.2, 0.25) is 11.8 Å². The zero-order chi connectivity index (χ0) is 27.6. The van der Waals surface area contributed by atoms with E-state index in [1.807, 2.05) is 29.8 Å². The van der Waals surface area contributed by atoms with Crippen LogP contribution in [0.15, 0.2) is 30.3 Å². The Hall–Kier alpha value is -2.86. The first-order valence-electron chi connectivity index (χ1n) is 14.4. The zero-order valence-electron chi connectivity index (χ0n) is 23.9. The van der Waals surface area contributed by atoms with Gasteiger partial charge >= 0.3 is 0 Å². The summed E-state index contributed by atoms with van der Waals surface area (Å²) in [6, 6.07) is 9.24. The number of piperazine rings is 1. The van der Waals surface area contributed by atoms with E-state index in [9.17, 15) is 14.7 Å². The summed E-state index contributed by atoms with van der Waals surface area (Å²) in [6.07, 6.45) is 5.29. The molecule has 3 heterocycles. The number of piperidine rings is 1. The SMILES string of the molecule is CC#CCN1C(=O)[C@H]([C@@H](O)C2CCCCC2)NC(=O)C12CCN(Cc1c(C)nn(-c3ccccc3)c1C)CC2.Cl. The first-order chi connectivity index (χ1) is 18.9. The number of aliphatic hydroxyl groups excluding tert-OH is 1. The molecule has 9 heteroatoms. The van der Waals surface area contributed by atoms with E-state index in [0.717, 1.165) is 55.7 Å². The predicted molar refractivity (Wildman–Crippen MR) is 157 cm³/mol. The summed E-state index contributed by atoms with van der Waals surface area (Å²) in [5, 5.41) is 18.9. The van der Waals surface area contributed by atoms with E-state index >= 15 is 0 Å². The Morgan fingerprint density at radius 2 is 1.77 bits per heavy atom. The molecule has 40 heavy (non-hydrogen) atoms. The number of hydrogen-bond donors (Lipinski definition) is 2. The number of carbonyl (C=O) groups is 2. The first-order valence-corrected chi connectivity index (χ1v) is 14.4. The normalized spacial score (nSPS) is 22.3. The van der Waals surface area contributed by atoms with E-state index in [4.69, 9.17) is 5.10 Å². The Labute approximate surface area is 243 Å². The van der Waals surface area contributed by atoms with Gasteiger partial charge in [-0.25, -0.2) is 4.68 Å². The highest BCUT2D eigenvalue weighted by Crippen LogP contribution is 2.36. The average molecular weight is 568 g/mol. The van der Waals surface area contributed by atoms with Crippen LogP contribution in [-0.2, 0) is 16.1 Å². The van der Waals surface area contributed by atoms with Gasteiger partial charge in [0, 0.05) is 30.9 Å². The molecule has 0 unspecified atom stereocenters. The van der Waals surface area contributed by atoms with Crippen molar-refractivity contribution in [1.82, 2.24) is 24.9 Å². The summed E-state index contributed by atoms with van der Waals surface area (Å²) in [7, 11) is 0. The van der Waals surface area contributed by atoms with Gasteiger partial charge in [0.1, 0.15) is 11.6 Å². The molecule has 0 bridgehead atoms. The number of nitrogens with one attached hydrogen (secondary N) is 1.